The van der Waals surface area contributed by atoms with Crippen molar-refractivity contribution in [3.8, 4) is 0 Å². The number of amides is 2. The molecule has 0 spiro atoms. The summed E-state index contributed by atoms with van der Waals surface area (Å²) in [5.41, 5.74) is 5.24. The lowest BCUT2D eigenvalue weighted by molar-refractivity contribution is -0.910. The van der Waals surface area contributed by atoms with E-state index >= 15 is 0 Å². The van der Waals surface area contributed by atoms with E-state index in [1.807, 2.05) is 6.07 Å². The van der Waals surface area contributed by atoms with Crippen molar-refractivity contribution in [1.29, 1.82) is 0 Å². The molecule has 2 heterocycles. The van der Waals surface area contributed by atoms with Gasteiger partial charge in [-0.05, 0) is 30.9 Å². The fourth-order valence-corrected chi connectivity index (χ4v) is 6.64. The number of benzene rings is 2. The van der Waals surface area contributed by atoms with Gasteiger partial charge in [-0.1, -0.05) is 85.0 Å². The first kappa shape index (κ1) is 27.6. The van der Waals surface area contributed by atoms with Crippen LogP contribution in [0.25, 0.3) is 0 Å². The van der Waals surface area contributed by atoms with E-state index in [0.29, 0.717) is 12.0 Å². The third kappa shape index (κ3) is 7.80. The number of hydrogen-bond acceptors (Lipinski definition) is 2. The standard InChI is InChI=1S/C33H45N5O/c1-2-38-32(25-30(36-38)24-26-12-6-3-7-13-26)28-18-21-37(22-19-28)23-20-31(27-14-8-4-9-15-27)35-33(39)34-29-16-10-5-11-17-29/h3-4,6-9,12-15,25,28-29,31H,2,5,10-11,16-24H2,1H3,(H2,34,35,39)/p+2/t31-/m0/s1. The van der Waals surface area contributed by atoms with Gasteiger partial charge in [-0.3, -0.25) is 0 Å². The lowest BCUT2D eigenvalue weighted by Gasteiger charge is -2.31. The molecule has 0 bridgehead atoms. The van der Waals surface area contributed by atoms with E-state index in [1.54, 1.807) is 4.90 Å². The van der Waals surface area contributed by atoms with Crippen LogP contribution in [0, 0.1) is 5.92 Å². The molecular formula is C33H47N5O+2. The molecule has 6 heteroatoms. The number of rotatable bonds is 10. The van der Waals surface area contributed by atoms with Gasteiger partial charge in [0.2, 0.25) is 0 Å². The van der Waals surface area contributed by atoms with E-state index < -0.39 is 0 Å². The Morgan fingerprint density at radius 2 is 1.64 bits per heavy atom. The van der Waals surface area contributed by atoms with Crippen LogP contribution in [0.5, 0.6) is 0 Å². The zero-order chi connectivity index (χ0) is 26.9. The first-order valence-electron chi connectivity index (χ1n) is 15.3. The van der Waals surface area contributed by atoms with Crippen molar-refractivity contribution < 1.29 is 14.7 Å². The fourth-order valence-electron chi connectivity index (χ4n) is 6.64. The van der Waals surface area contributed by atoms with Crippen LogP contribution < -0.4 is 20.5 Å². The molecule has 208 valence electrons. The summed E-state index contributed by atoms with van der Waals surface area (Å²) >= 11 is 0. The highest BCUT2D eigenvalue weighted by Gasteiger charge is 2.34. The highest BCUT2D eigenvalue weighted by molar-refractivity contribution is 5.97. The SMILES string of the molecule is CC[NH+]1N=C(Cc2ccccc2)C=C1C1CC[NH+](CC[C@H](NC(=O)NC2CCCCC2)c2ccccc2)CC1. The molecule has 6 nitrogen and oxygen atoms in total. The number of carbonyl (C=O) groups excluding carboxylic acids is 1. The molecule has 4 N–H and O–H groups in total. The van der Waals surface area contributed by atoms with Gasteiger partial charge in [0.05, 0.1) is 25.7 Å². The minimum atomic E-state index is -0.00780. The number of nitrogens with zero attached hydrogens (tertiary/aromatic N) is 1. The lowest BCUT2D eigenvalue weighted by atomic mass is 9.91. The van der Waals surface area contributed by atoms with Gasteiger partial charge in [0, 0.05) is 43.7 Å². The molecule has 2 aromatic rings. The Balaban J connectivity index is 1.13. The third-order valence-electron chi connectivity index (χ3n) is 8.86. The van der Waals surface area contributed by atoms with Gasteiger partial charge in [0.25, 0.3) is 0 Å². The molecule has 39 heavy (non-hydrogen) atoms. The van der Waals surface area contributed by atoms with E-state index in [1.165, 1.54) is 72.7 Å². The predicted octanol–water partition coefficient (Wildman–Crippen LogP) is 3.45. The minimum absolute atomic E-state index is 0.00780. The predicted molar refractivity (Wildman–Crippen MR) is 158 cm³/mol. The van der Waals surface area contributed by atoms with Crippen molar-refractivity contribution in [2.24, 2.45) is 11.0 Å². The fraction of sp³-hybridized carbons (Fsp3) is 0.515. The molecule has 3 aliphatic rings. The Bertz CT molecular complexity index is 1100. The molecule has 1 saturated carbocycles. The van der Waals surface area contributed by atoms with Crippen molar-refractivity contribution in [3.63, 3.8) is 0 Å². The molecule has 2 amide bonds. The smallest absolute Gasteiger partial charge is 0.315 e. The van der Waals surface area contributed by atoms with Crippen LogP contribution in [0.2, 0.25) is 0 Å². The van der Waals surface area contributed by atoms with Crippen molar-refractivity contribution in [2.45, 2.75) is 76.8 Å². The van der Waals surface area contributed by atoms with Crippen molar-refractivity contribution in [2.75, 3.05) is 26.2 Å². The van der Waals surface area contributed by atoms with Crippen molar-refractivity contribution in [1.82, 2.24) is 10.6 Å². The quantitative estimate of drug-likeness (QED) is 0.374. The molecule has 0 radical (unpaired) electrons. The number of nitrogens with one attached hydrogen (secondary N) is 4. The first-order chi connectivity index (χ1) is 19.2. The summed E-state index contributed by atoms with van der Waals surface area (Å²) in [6.07, 6.45) is 12.6. The maximum Gasteiger partial charge on any atom is 0.315 e. The summed E-state index contributed by atoms with van der Waals surface area (Å²) in [4.78, 5) is 14.5. The normalized spacial score (nSPS) is 24.5. The number of piperidine rings is 1. The Kier molecular flexibility index (Phi) is 9.84. The number of quaternary nitrogens is 2. The van der Waals surface area contributed by atoms with Crippen LogP contribution in [0.4, 0.5) is 4.79 Å². The van der Waals surface area contributed by atoms with E-state index in [9.17, 15) is 4.79 Å². The summed E-state index contributed by atoms with van der Waals surface area (Å²) in [5.74, 6) is 0.616. The zero-order valence-corrected chi connectivity index (χ0v) is 23.6. The number of allylic oxidation sites excluding steroid dienone is 2. The summed E-state index contributed by atoms with van der Waals surface area (Å²) in [5, 5.41) is 12.9. The summed E-state index contributed by atoms with van der Waals surface area (Å²) in [6, 6.07) is 21.5. The molecule has 5 rings (SSSR count). The van der Waals surface area contributed by atoms with Gasteiger partial charge in [0.1, 0.15) is 18.0 Å². The van der Waals surface area contributed by atoms with Gasteiger partial charge in [-0.15, -0.1) is 0 Å². The Hall–Kier alpha value is -2.96. The van der Waals surface area contributed by atoms with E-state index in [2.05, 4.69) is 78.2 Å². The van der Waals surface area contributed by atoms with Crippen LogP contribution in [0.1, 0.15) is 75.5 Å². The molecule has 0 aromatic heterocycles. The monoisotopic (exact) mass is 529 g/mol. The maximum absolute atomic E-state index is 12.9. The average molecular weight is 530 g/mol. The molecule has 2 aromatic carbocycles. The highest BCUT2D eigenvalue weighted by atomic mass is 16.2. The molecule has 1 unspecified atom stereocenters. The Morgan fingerprint density at radius 3 is 2.33 bits per heavy atom. The first-order valence-corrected chi connectivity index (χ1v) is 15.3. The molecule has 2 atom stereocenters. The van der Waals surface area contributed by atoms with Gasteiger partial charge < -0.3 is 15.5 Å². The second kappa shape index (κ2) is 13.9. The van der Waals surface area contributed by atoms with E-state index in [0.717, 1.165) is 38.8 Å². The molecule has 2 fully saturated rings. The number of likely N-dealkylation sites (tertiary alicyclic amines) is 1. The van der Waals surface area contributed by atoms with Gasteiger partial charge >= 0.3 is 6.03 Å². The summed E-state index contributed by atoms with van der Waals surface area (Å²) < 4.78 is 0. The van der Waals surface area contributed by atoms with Gasteiger partial charge in [-0.2, -0.15) is 5.01 Å². The van der Waals surface area contributed by atoms with Crippen molar-refractivity contribution >= 4 is 11.7 Å². The molecule has 1 saturated heterocycles. The largest absolute Gasteiger partial charge is 0.335 e. The molecule has 2 aliphatic heterocycles. The van der Waals surface area contributed by atoms with Gasteiger partial charge in [0.15, 0.2) is 0 Å². The zero-order valence-electron chi connectivity index (χ0n) is 23.6. The second-order valence-corrected chi connectivity index (χ2v) is 11.6. The van der Waals surface area contributed by atoms with Gasteiger partial charge in [-0.25, -0.2) is 4.79 Å². The van der Waals surface area contributed by atoms with E-state index in [4.69, 9.17) is 5.10 Å². The third-order valence-corrected chi connectivity index (χ3v) is 8.86. The highest BCUT2D eigenvalue weighted by Crippen LogP contribution is 2.21. The van der Waals surface area contributed by atoms with Crippen LogP contribution in [-0.2, 0) is 6.42 Å². The maximum atomic E-state index is 12.9. The minimum Gasteiger partial charge on any atom is -0.335 e. The van der Waals surface area contributed by atoms with Crippen LogP contribution in [-0.4, -0.2) is 44.0 Å². The topological polar surface area (TPSA) is 62.4 Å². The van der Waals surface area contributed by atoms with Crippen molar-refractivity contribution in [3.05, 3.63) is 83.6 Å². The summed E-state index contributed by atoms with van der Waals surface area (Å²) in [6.45, 7) is 6.69. The van der Waals surface area contributed by atoms with Crippen LogP contribution >= 0.6 is 0 Å². The average Bonchev–Trinajstić information content (AvgIpc) is 3.39. The van der Waals surface area contributed by atoms with Crippen LogP contribution in [0.15, 0.2) is 77.5 Å². The Morgan fingerprint density at radius 1 is 0.949 bits per heavy atom. The number of carbonyl (C=O) groups is 1. The lowest BCUT2D eigenvalue weighted by Crippen LogP contribution is -3.13. The number of urea groups is 1. The van der Waals surface area contributed by atoms with E-state index in [-0.39, 0.29) is 12.1 Å². The van der Waals surface area contributed by atoms with Crippen LogP contribution in [0.3, 0.4) is 0 Å². The molecule has 1 aliphatic carbocycles. The second-order valence-electron chi connectivity index (χ2n) is 11.6. The number of hydrogen-bond donors (Lipinski definition) is 4. The molecular weight excluding hydrogens is 482 g/mol. The summed E-state index contributed by atoms with van der Waals surface area (Å²) in [7, 11) is 0. The Labute approximate surface area is 234 Å².